The van der Waals surface area contributed by atoms with E-state index in [4.69, 9.17) is 0 Å². The number of piperidine rings is 1. The first-order chi connectivity index (χ1) is 14.0. The van der Waals surface area contributed by atoms with Crippen molar-refractivity contribution in [2.24, 2.45) is 17.8 Å². The number of benzene rings is 1. The summed E-state index contributed by atoms with van der Waals surface area (Å²) < 4.78 is 27.3. The molecule has 0 aromatic heterocycles. The lowest BCUT2D eigenvalue weighted by molar-refractivity contribution is -0.136. The Morgan fingerprint density at radius 1 is 0.966 bits per heavy atom. The number of aliphatic hydroxyl groups excluding tert-OH is 1. The Balaban J connectivity index is 1.24. The molecule has 2 saturated heterocycles. The van der Waals surface area contributed by atoms with Crippen LogP contribution in [-0.4, -0.2) is 53.1 Å². The molecule has 1 N–H and O–H groups in total. The molecule has 4 nitrogen and oxygen atoms in total. The van der Waals surface area contributed by atoms with Crippen LogP contribution < -0.4 is 0 Å². The summed E-state index contributed by atoms with van der Waals surface area (Å²) in [6.45, 7) is 3.97. The summed E-state index contributed by atoms with van der Waals surface area (Å²) in [7, 11) is 0. The zero-order valence-electron chi connectivity index (χ0n) is 17.0. The molecule has 1 aromatic rings. The van der Waals surface area contributed by atoms with Gasteiger partial charge in [0, 0.05) is 31.1 Å². The smallest absolute Gasteiger partial charge is 0.225 e. The molecule has 1 amide bonds. The number of rotatable bonds is 4. The molecule has 0 radical (unpaired) electrons. The van der Waals surface area contributed by atoms with Gasteiger partial charge in [0.25, 0.3) is 0 Å². The predicted molar refractivity (Wildman–Crippen MR) is 107 cm³/mol. The van der Waals surface area contributed by atoms with Gasteiger partial charge in [-0.3, -0.25) is 9.69 Å². The molecular weight excluding hydrogens is 374 g/mol. The third-order valence-corrected chi connectivity index (χ3v) is 7.31. The lowest BCUT2D eigenvalue weighted by atomic mass is 9.83. The quantitative estimate of drug-likeness (QED) is 0.831. The molecule has 4 rings (SSSR count). The first-order valence-electron chi connectivity index (χ1n) is 11.1. The van der Waals surface area contributed by atoms with Gasteiger partial charge in [-0.1, -0.05) is 12.1 Å². The average molecular weight is 407 g/mol. The molecule has 1 aromatic carbocycles. The summed E-state index contributed by atoms with van der Waals surface area (Å²) in [6, 6.07) is 4.39. The highest BCUT2D eigenvalue weighted by atomic mass is 19.2. The molecule has 2 aliphatic heterocycles. The van der Waals surface area contributed by atoms with Crippen LogP contribution in [0.2, 0.25) is 0 Å². The van der Waals surface area contributed by atoms with Crippen LogP contribution in [0.5, 0.6) is 0 Å². The maximum atomic E-state index is 13.9. The van der Waals surface area contributed by atoms with Crippen LogP contribution in [0.4, 0.5) is 8.78 Å². The molecule has 29 heavy (non-hydrogen) atoms. The van der Waals surface area contributed by atoms with Crippen molar-refractivity contribution >= 4 is 5.91 Å². The monoisotopic (exact) mass is 406 g/mol. The summed E-state index contributed by atoms with van der Waals surface area (Å²) >= 11 is 0. The SMILES string of the molecule is O=C(C1CCC(O)CC1)N1CC[C@H](C2CCN(Cc3cccc(F)c3F)CC2)C1. The maximum Gasteiger partial charge on any atom is 0.225 e. The van der Waals surface area contributed by atoms with E-state index in [0.29, 0.717) is 29.9 Å². The zero-order valence-corrected chi connectivity index (χ0v) is 17.0. The van der Waals surface area contributed by atoms with Crippen molar-refractivity contribution in [3.63, 3.8) is 0 Å². The van der Waals surface area contributed by atoms with Gasteiger partial charge in [0.1, 0.15) is 0 Å². The minimum Gasteiger partial charge on any atom is -0.393 e. The molecule has 2 heterocycles. The number of amides is 1. The lowest BCUT2D eigenvalue weighted by Gasteiger charge is -2.35. The van der Waals surface area contributed by atoms with E-state index < -0.39 is 11.6 Å². The van der Waals surface area contributed by atoms with E-state index in [0.717, 1.165) is 77.2 Å². The number of carbonyl (C=O) groups is 1. The van der Waals surface area contributed by atoms with Gasteiger partial charge in [0.15, 0.2) is 11.6 Å². The van der Waals surface area contributed by atoms with Crippen LogP contribution >= 0.6 is 0 Å². The molecular formula is C23H32F2N2O2. The second-order valence-corrected chi connectivity index (χ2v) is 9.16. The number of likely N-dealkylation sites (tertiary alicyclic amines) is 2. The molecule has 3 aliphatic rings. The summed E-state index contributed by atoms with van der Waals surface area (Å²) in [6.07, 6.45) is 6.09. The van der Waals surface area contributed by atoms with E-state index >= 15 is 0 Å². The van der Waals surface area contributed by atoms with E-state index in [1.807, 2.05) is 0 Å². The third-order valence-electron chi connectivity index (χ3n) is 7.31. The molecule has 1 saturated carbocycles. The minimum absolute atomic E-state index is 0.0974. The van der Waals surface area contributed by atoms with Gasteiger partial charge in [-0.2, -0.15) is 0 Å². The number of carbonyl (C=O) groups excluding carboxylic acids is 1. The van der Waals surface area contributed by atoms with Gasteiger partial charge in [-0.15, -0.1) is 0 Å². The Bertz CT molecular complexity index is 713. The van der Waals surface area contributed by atoms with E-state index in [-0.39, 0.29) is 12.0 Å². The van der Waals surface area contributed by atoms with Crippen molar-refractivity contribution in [3.05, 3.63) is 35.4 Å². The summed E-state index contributed by atoms with van der Waals surface area (Å²) in [4.78, 5) is 17.1. The average Bonchev–Trinajstić information content (AvgIpc) is 3.22. The minimum atomic E-state index is -0.777. The van der Waals surface area contributed by atoms with E-state index in [9.17, 15) is 18.7 Å². The van der Waals surface area contributed by atoms with Gasteiger partial charge in [-0.05, 0) is 75.9 Å². The number of hydrogen-bond donors (Lipinski definition) is 1. The highest BCUT2D eigenvalue weighted by Crippen LogP contribution is 2.34. The first-order valence-corrected chi connectivity index (χ1v) is 11.1. The fourth-order valence-corrected chi connectivity index (χ4v) is 5.45. The van der Waals surface area contributed by atoms with Crippen LogP contribution in [0.25, 0.3) is 0 Å². The molecule has 6 heteroatoms. The molecule has 3 fully saturated rings. The van der Waals surface area contributed by atoms with Gasteiger partial charge < -0.3 is 10.0 Å². The van der Waals surface area contributed by atoms with Gasteiger partial charge in [-0.25, -0.2) is 8.78 Å². The first kappa shape index (κ1) is 20.7. The van der Waals surface area contributed by atoms with E-state index in [1.165, 1.54) is 0 Å². The highest BCUT2D eigenvalue weighted by molar-refractivity contribution is 5.79. The van der Waals surface area contributed by atoms with Crippen molar-refractivity contribution in [2.45, 2.75) is 57.6 Å². The number of aliphatic hydroxyl groups is 1. The van der Waals surface area contributed by atoms with Crippen LogP contribution in [-0.2, 0) is 11.3 Å². The van der Waals surface area contributed by atoms with Crippen LogP contribution in [0.1, 0.15) is 50.5 Å². The number of hydrogen-bond acceptors (Lipinski definition) is 3. The molecule has 0 bridgehead atoms. The fraction of sp³-hybridized carbons (Fsp3) is 0.696. The largest absolute Gasteiger partial charge is 0.393 e. The van der Waals surface area contributed by atoms with Crippen molar-refractivity contribution in [1.82, 2.24) is 9.80 Å². The van der Waals surface area contributed by atoms with Crippen molar-refractivity contribution in [1.29, 1.82) is 0 Å². The fourth-order valence-electron chi connectivity index (χ4n) is 5.45. The van der Waals surface area contributed by atoms with Crippen LogP contribution in [0, 0.1) is 29.4 Å². The van der Waals surface area contributed by atoms with Crippen molar-refractivity contribution in [2.75, 3.05) is 26.2 Å². The van der Waals surface area contributed by atoms with Gasteiger partial charge in [0.2, 0.25) is 5.91 Å². The maximum absolute atomic E-state index is 13.9. The topological polar surface area (TPSA) is 43.8 Å². The molecule has 1 aliphatic carbocycles. The molecule has 160 valence electrons. The Labute approximate surface area is 171 Å². The second kappa shape index (κ2) is 9.09. The normalized spacial score (nSPS) is 29.3. The summed E-state index contributed by atoms with van der Waals surface area (Å²) in [5.74, 6) is 0.0460. The van der Waals surface area contributed by atoms with E-state index in [2.05, 4.69) is 9.80 Å². The zero-order chi connectivity index (χ0) is 20.4. The number of halogens is 2. The Morgan fingerprint density at radius 2 is 1.66 bits per heavy atom. The lowest BCUT2D eigenvalue weighted by Crippen LogP contribution is -2.39. The van der Waals surface area contributed by atoms with Gasteiger partial charge >= 0.3 is 0 Å². The van der Waals surface area contributed by atoms with Crippen LogP contribution in [0.3, 0.4) is 0 Å². The van der Waals surface area contributed by atoms with E-state index in [1.54, 1.807) is 12.1 Å². The van der Waals surface area contributed by atoms with Crippen molar-refractivity contribution < 1.29 is 18.7 Å². The predicted octanol–water partition coefficient (Wildman–Crippen LogP) is 3.58. The number of nitrogens with zero attached hydrogens (tertiary/aromatic N) is 2. The van der Waals surface area contributed by atoms with Crippen molar-refractivity contribution in [3.8, 4) is 0 Å². The Kier molecular flexibility index (Phi) is 6.50. The summed E-state index contributed by atoms with van der Waals surface area (Å²) in [5, 5.41) is 9.66. The highest BCUT2D eigenvalue weighted by Gasteiger charge is 2.36. The van der Waals surface area contributed by atoms with Crippen LogP contribution in [0.15, 0.2) is 18.2 Å². The Morgan fingerprint density at radius 3 is 2.38 bits per heavy atom. The summed E-state index contributed by atoms with van der Waals surface area (Å²) in [5.41, 5.74) is 0.429. The van der Waals surface area contributed by atoms with Gasteiger partial charge in [0.05, 0.1) is 6.10 Å². The third kappa shape index (κ3) is 4.80. The molecule has 1 atom stereocenters. The molecule has 0 spiro atoms. The standard InChI is InChI=1S/C23H32F2N2O2/c24-21-3-1-2-19(22(21)25)14-26-11-8-16(9-12-26)18-10-13-27(15-18)23(29)17-4-6-20(28)7-5-17/h1-3,16-18,20,28H,4-15H2/t17?,18-,20?/m0/s1. The molecule has 0 unspecified atom stereocenters. The Hall–Kier alpha value is -1.53. The second-order valence-electron chi connectivity index (χ2n) is 9.16.